The van der Waals surface area contributed by atoms with E-state index in [0.717, 1.165) is 86.9 Å². The van der Waals surface area contributed by atoms with Crippen LogP contribution >= 0.6 is 0 Å². The average Bonchev–Trinajstić information content (AvgIpc) is 2.88. The number of carbonyl (C=O) groups excluding carboxylic acids is 1. The molecule has 2 saturated heterocycles. The Bertz CT molecular complexity index is 1140. The standard InChI is InChI=1S/C32H47N5O2/c1-24-12-13-30-28(21-24)32(38)37-16-9-8-11-29(37)25(2)22-26(3)35(7)31(23-27(4)36-14-10-15-36)34(6)18-17-33(5)19-20-39-30/h12-13,21-23,29H,2,4,8-11,14-20H2,1,3,5-7H3/b26-22-,31-23-. The number of likely N-dealkylation sites (N-methyl/N-ethyl adjacent to an activating group) is 2. The summed E-state index contributed by atoms with van der Waals surface area (Å²) in [5, 5.41) is 0. The molecule has 39 heavy (non-hydrogen) atoms. The van der Waals surface area contributed by atoms with Gasteiger partial charge in [-0.2, -0.15) is 0 Å². The highest BCUT2D eigenvalue weighted by atomic mass is 16.5. The second kappa shape index (κ2) is 12.8. The number of amides is 1. The van der Waals surface area contributed by atoms with E-state index in [0.29, 0.717) is 17.9 Å². The molecule has 1 atom stereocenters. The van der Waals surface area contributed by atoms with E-state index in [9.17, 15) is 4.79 Å². The number of fused-ring (bicyclic) bond motifs is 2. The van der Waals surface area contributed by atoms with Crippen LogP contribution in [0.15, 0.2) is 66.3 Å². The minimum Gasteiger partial charge on any atom is -0.491 e. The van der Waals surface area contributed by atoms with E-state index in [-0.39, 0.29) is 11.9 Å². The lowest BCUT2D eigenvalue weighted by molar-refractivity contribution is 0.0651. The Morgan fingerprint density at radius 3 is 2.49 bits per heavy atom. The summed E-state index contributed by atoms with van der Waals surface area (Å²) in [4.78, 5) is 25.1. The van der Waals surface area contributed by atoms with Gasteiger partial charge in [-0.15, -0.1) is 0 Å². The van der Waals surface area contributed by atoms with E-state index in [1.165, 1.54) is 6.42 Å². The van der Waals surface area contributed by atoms with E-state index < -0.39 is 0 Å². The van der Waals surface area contributed by atoms with Crippen molar-refractivity contribution < 1.29 is 9.53 Å². The predicted molar refractivity (Wildman–Crippen MR) is 160 cm³/mol. The zero-order chi connectivity index (χ0) is 28.1. The Balaban J connectivity index is 1.69. The van der Waals surface area contributed by atoms with Gasteiger partial charge in [0.25, 0.3) is 5.91 Å². The molecule has 0 spiro atoms. The molecule has 1 aromatic carbocycles. The molecule has 212 valence electrons. The second-order valence-corrected chi connectivity index (χ2v) is 11.3. The normalized spacial score (nSPS) is 24.8. The monoisotopic (exact) mass is 533 g/mol. The summed E-state index contributed by atoms with van der Waals surface area (Å²) in [6, 6.07) is 5.89. The van der Waals surface area contributed by atoms with Gasteiger partial charge in [0.15, 0.2) is 0 Å². The number of carbonyl (C=O) groups is 1. The molecule has 3 heterocycles. The van der Waals surface area contributed by atoms with Gasteiger partial charge in [-0.05, 0) is 70.4 Å². The number of ether oxygens (including phenoxy) is 1. The quantitative estimate of drug-likeness (QED) is 0.549. The van der Waals surface area contributed by atoms with Gasteiger partial charge in [-0.3, -0.25) is 4.79 Å². The van der Waals surface area contributed by atoms with Crippen LogP contribution in [0.1, 0.15) is 48.5 Å². The highest BCUT2D eigenvalue weighted by molar-refractivity contribution is 5.97. The largest absolute Gasteiger partial charge is 0.491 e. The summed E-state index contributed by atoms with van der Waals surface area (Å²) in [6.45, 7) is 18.9. The lowest BCUT2D eigenvalue weighted by Gasteiger charge is -2.38. The molecule has 3 aliphatic rings. The van der Waals surface area contributed by atoms with Crippen LogP contribution in [0, 0.1) is 6.92 Å². The van der Waals surface area contributed by atoms with E-state index in [2.05, 4.69) is 73.0 Å². The maximum Gasteiger partial charge on any atom is 0.258 e. The number of hydrogen-bond donors (Lipinski definition) is 0. The lowest BCUT2D eigenvalue weighted by Crippen LogP contribution is -2.44. The molecule has 0 radical (unpaired) electrons. The van der Waals surface area contributed by atoms with E-state index in [1.807, 2.05) is 30.0 Å². The number of aryl methyl sites for hydroxylation is 1. The first-order valence-electron chi connectivity index (χ1n) is 14.4. The number of likely N-dealkylation sites (tertiary alicyclic amines) is 1. The van der Waals surface area contributed by atoms with Gasteiger partial charge in [-0.25, -0.2) is 0 Å². The van der Waals surface area contributed by atoms with Crippen molar-refractivity contribution in [3.8, 4) is 5.75 Å². The van der Waals surface area contributed by atoms with Gasteiger partial charge < -0.3 is 29.2 Å². The maximum atomic E-state index is 14.0. The van der Waals surface area contributed by atoms with Gasteiger partial charge in [0, 0.05) is 70.8 Å². The molecule has 3 aliphatic heterocycles. The first-order valence-corrected chi connectivity index (χ1v) is 14.4. The van der Waals surface area contributed by atoms with Crippen LogP contribution in [0.2, 0.25) is 0 Å². The molecule has 0 N–H and O–H groups in total. The Labute approximate surface area is 235 Å². The molecule has 0 aliphatic carbocycles. The third kappa shape index (κ3) is 6.88. The highest BCUT2D eigenvalue weighted by Gasteiger charge is 2.31. The minimum absolute atomic E-state index is 0.0304. The van der Waals surface area contributed by atoms with Crippen molar-refractivity contribution in [2.75, 3.05) is 67.0 Å². The second-order valence-electron chi connectivity index (χ2n) is 11.3. The number of benzene rings is 1. The lowest BCUT2D eigenvalue weighted by atomic mass is 9.94. The van der Waals surface area contributed by atoms with Gasteiger partial charge in [0.2, 0.25) is 0 Å². The van der Waals surface area contributed by atoms with Crippen molar-refractivity contribution in [2.24, 2.45) is 0 Å². The van der Waals surface area contributed by atoms with Crippen molar-refractivity contribution in [3.63, 3.8) is 0 Å². The van der Waals surface area contributed by atoms with Crippen LogP contribution in [0.4, 0.5) is 0 Å². The fraction of sp³-hybridized carbons (Fsp3) is 0.531. The number of allylic oxidation sites excluding steroid dienone is 2. The summed E-state index contributed by atoms with van der Waals surface area (Å²) in [5.41, 5.74) is 4.81. The first-order chi connectivity index (χ1) is 18.7. The number of rotatable bonds is 2. The third-order valence-electron chi connectivity index (χ3n) is 8.32. The van der Waals surface area contributed by atoms with E-state index in [4.69, 9.17) is 4.74 Å². The van der Waals surface area contributed by atoms with Crippen molar-refractivity contribution in [1.29, 1.82) is 0 Å². The van der Waals surface area contributed by atoms with Crippen molar-refractivity contribution in [3.05, 3.63) is 77.4 Å². The molecule has 4 rings (SSSR count). The molecule has 0 aromatic heterocycles. The maximum absolute atomic E-state index is 14.0. The van der Waals surface area contributed by atoms with Gasteiger partial charge >= 0.3 is 0 Å². The summed E-state index contributed by atoms with van der Waals surface area (Å²) in [5.74, 6) is 1.79. The van der Waals surface area contributed by atoms with Crippen LogP contribution in [-0.2, 0) is 0 Å². The van der Waals surface area contributed by atoms with Crippen LogP contribution in [-0.4, -0.2) is 103 Å². The molecule has 7 nitrogen and oxygen atoms in total. The molecule has 1 aromatic rings. The van der Waals surface area contributed by atoms with Crippen molar-refractivity contribution in [2.45, 2.75) is 45.6 Å². The summed E-state index contributed by atoms with van der Waals surface area (Å²) < 4.78 is 6.22. The van der Waals surface area contributed by atoms with Crippen LogP contribution < -0.4 is 4.74 Å². The summed E-state index contributed by atoms with van der Waals surface area (Å²) >= 11 is 0. The molecule has 0 bridgehead atoms. The Hall–Kier alpha value is -3.19. The van der Waals surface area contributed by atoms with Gasteiger partial charge in [0.05, 0.1) is 11.6 Å². The van der Waals surface area contributed by atoms with Crippen LogP contribution in [0.5, 0.6) is 5.75 Å². The van der Waals surface area contributed by atoms with E-state index in [1.54, 1.807) is 0 Å². The first kappa shape index (κ1) is 28.8. The Morgan fingerprint density at radius 2 is 1.77 bits per heavy atom. The fourth-order valence-corrected chi connectivity index (χ4v) is 5.46. The van der Waals surface area contributed by atoms with Crippen molar-refractivity contribution in [1.82, 2.24) is 24.5 Å². The van der Waals surface area contributed by atoms with Crippen LogP contribution in [0.25, 0.3) is 0 Å². The Morgan fingerprint density at radius 1 is 1.00 bits per heavy atom. The zero-order valence-corrected chi connectivity index (χ0v) is 24.7. The number of nitrogens with zero attached hydrogens (tertiary/aromatic N) is 5. The topological polar surface area (TPSA) is 42.5 Å². The minimum atomic E-state index is -0.0361. The van der Waals surface area contributed by atoms with Gasteiger partial charge in [-0.1, -0.05) is 24.8 Å². The molecule has 2 fully saturated rings. The van der Waals surface area contributed by atoms with Crippen molar-refractivity contribution >= 4 is 5.91 Å². The fourth-order valence-electron chi connectivity index (χ4n) is 5.46. The third-order valence-corrected chi connectivity index (χ3v) is 8.32. The highest BCUT2D eigenvalue weighted by Crippen LogP contribution is 2.30. The number of hydrogen-bond acceptors (Lipinski definition) is 6. The predicted octanol–water partition coefficient (Wildman–Crippen LogP) is 4.70. The number of piperidine rings is 1. The smallest absolute Gasteiger partial charge is 0.258 e. The molecule has 0 saturated carbocycles. The molecule has 1 amide bonds. The SMILES string of the molecule is C=C1/C=C(/C)N(C)/C(=C\C(=C)N2CCC2)N(C)CCN(C)CCOc2ccc(C)cc2C(=O)N2CCCCC12. The molecule has 7 heteroatoms. The van der Waals surface area contributed by atoms with E-state index >= 15 is 0 Å². The molecular formula is C32H47N5O2. The average molecular weight is 534 g/mol. The molecule has 1 unspecified atom stereocenters. The summed E-state index contributed by atoms with van der Waals surface area (Å²) in [7, 11) is 6.37. The Kier molecular flexibility index (Phi) is 9.44. The van der Waals surface area contributed by atoms with Crippen LogP contribution in [0.3, 0.4) is 0 Å². The summed E-state index contributed by atoms with van der Waals surface area (Å²) in [6.07, 6.45) is 8.58. The van der Waals surface area contributed by atoms with Gasteiger partial charge in [0.1, 0.15) is 18.2 Å². The molecular weight excluding hydrogens is 486 g/mol. The zero-order valence-electron chi connectivity index (χ0n) is 24.7.